The number of aliphatic hydroxyl groups excluding tert-OH is 1. The molecule has 2 heterocycles. The van der Waals surface area contributed by atoms with Gasteiger partial charge in [-0.25, -0.2) is 13.6 Å². The second kappa shape index (κ2) is 8.11. The van der Waals surface area contributed by atoms with Crippen molar-refractivity contribution in [3.63, 3.8) is 0 Å². The number of hydrogen-bond donors (Lipinski definition) is 2. The van der Waals surface area contributed by atoms with Crippen LogP contribution in [0.2, 0.25) is 0 Å². The summed E-state index contributed by atoms with van der Waals surface area (Å²) in [5.74, 6) is -2.07. The van der Waals surface area contributed by atoms with Crippen LogP contribution in [0.25, 0.3) is 5.69 Å². The number of aromatic nitrogens is 3. The molecule has 0 saturated heterocycles. The van der Waals surface area contributed by atoms with Gasteiger partial charge in [-0.2, -0.15) is 4.68 Å². The lowest BCUT2D eigenvalue weighted by Crippen LogP contribution is -2.27. The molecule has 0 atom stereocenters. The standard InChI is InChI=1S/C23H24F2N4O4/c1-12(2)28-18(11-30)27-29(22(28)32)19-14-10-23(3,4)33-20(14)13(9-16(19)25)21(31)26-17-8-6-5-7-15(17)24/h5-9,12,30H,10-11H2,1-4H3,(H,26,31). The predicted octanol–water partition coefficient (Wildman–Crippen LogP) is 3.35. The van der Waals surface area contributed by atoms with Gasteiger partial charge in [0.25, 0.3) is 5.91 Å². The van der Waals surface area contributed by atoms with Gasteiger partial charge in [-0.1, -0.05) is 12.1 Å². The van der Waals surface area contributed by atoms with Crippen molar-refractivity contribution in [1.82, 2.24) is 14.3 Å². The van der Waals surface area contributed by atoms with Crippen molar-refractivity contribution >= 4 is 11.6 Å². The van der Waals surface area contributed by atoms with E-state index < -0.39 is 35.4 Å². The van der Waals surface area contributed by atoms with Gasteiger partial charge < -0.3 is 15.2 Å². The smallest absolute Gasteiger partial charge is 0.351 e. The highest BCUT2D eigenvalue weighted by molar-refractivity contribution is 6.07. The van der Waals surface area contributed by atoms with Crippen LogP contribution in [-0.4, -0.2) is 31.0 Å². The largest absolute Gasteiger partial charge is 0.486 e. The molecular weight excluding hydrogens is 434 g/mol. The highest BCUT2D eigenvalue weighted by Crippen LogP contribution is 2.42. The maximum absolute atomic E-state index is 15.5. The van der Waals surface area contributed by atoms with E-state index >= 15 is 4.39 Å². The summed E-state index contributed by atoms with van der Waals surface area (Å²) < 4.78 is 37.6. The number of carbonyl (C=O) groups is 1. The third-order valence-corrected chi connectivity index (χ3v) is 5.40. The van der Waals surface area contributed by atoms with Crippen LogP contribution < -0.4 is 15.7 Å². The zero-order valence-corrected chi connectivity index (χ0v) is 18.6. The van der Waals surface area contributed by atoms with Crippen LogP contribution in [0.1, 0.15) is 55.5 Å². The van der Waals surface area contributed by atoms with Gasteiger partial charge in [-0.15, -0.1) is 5.10 Å². The van der Waals surface area contributed by atoms with Crippen LogP contribution in [-0.2, 0) is 13.0 Å². The van der Waals surface area contributed by atoms with Crippen molar-refractivity contribution in [2.24, 2.45) is 0 Å². The molecule has 10 heteroatoms. The van der Waals surface area contributed by atoms with E-state index in [0.29, 0.717) is 5.56 Å². The first-order valence-electron chi connectivity index (χ1n) is 10.5. The first-order chi connectivity index (χ1) is 15.5. The SMILES string of the molecule is CC(C)n1c(CO)nn(-c2c(F)cc(C(=O)Nc3ccccc3F)c3c2CC(C)(C)O3)c1=O. The molecule has 0 bridgehead atoms. The summed E-state index contributed by atoms with van der Waals surface area (Å²) in [5.41, 5.74) is -1.45. The Morgan fingerprint density at radius 3 is 2.58 bits per heavy atom. The molecule has 0 spiro atoms. The van der Waals surface area contributed by atoms with Gasteiger partial charge >= 0.3 is 5.69 Å². The highest BCUT2D eigenvalue weighted by atomic mass is 19.1. The second-order valence-electron chi connectivity index (χ2n) is 8.77. The van der Waals surface area contributed by atoms with Gasteiger partial charge in [0.05, 0.1) is 11.3 Å². The normalized spacial score (nSPS) is 14.3. The van der Waals surface area contributed by atoms with E-state index in [4.69, 9.17) is 4.74 Å². The van der Waals surface area contributed by atoms with Gasteiger partial charge in [-0.3, -0.25) is 9.36 Å². The predicted molar refractivity (Wildman–Crippen MR) is 117 cm³/mol. The number of carbonyl (C=O) groups excluding carboxylic acids is 1. The number of fused-ring (bicyclic) bond motifs is 1. The van der Waals surface area contributed by atoms with Crippen molar-refractivity contribution in [2.45, 2.75) is 52.4 Å². The highest BCUT2D eigenvalue weighted by Gasteiger charge is 2.38. The van der Waals surface area contributed by atoms with Crippen LogP contribution >= 0.6 is 0 Å². The fraction of sp³-hybridized carbons (Fsp3) is 0.348. The minimum atomic E-state index is -0.867. The number of nitrogens with zero attached hydrogens (tertiary/aromatic N) is 3. The average molecular weight is 458 g/mol. The van der Waals surface area contributed by atoms with Crippen LogP contribution in [0.4, 0.5) is 14.5 Å². The fourth-order valence-corrected chi connectivity index (χ4v) is 4.03. The summed E-state index contributed by atoms with van der Waals surface area (Å²) in [7, 11) is 0. The van der Waals surface area contributed by atoms with Crippen molar-refractivity contribution in [3.05, 3.63) is 69.4 Å². The number of aliphatic hydroxyl groups is 1. The Balaban J connectivity index is 1.88. The van der Waals surface area contributed by atoms with E-state index in [2.05, 4.69) is 10.4 Å². The summed E-state index contributed by atoms with van der Waals surface area (Å²) in [6.07, 6.45) is 0.199. The lowest BCUT2D eigenvalue weighted by molar-refractivity contribution is 0.101. The molecule has 0 aliphatic carbocycles. The van der Waals surface area contributed by atoms with Crippen LogP contribution in [0.5, 0.6) is 5.75 Å². The van der Waals surface area contributed by atoms with Gasteiger partial charge in [0.1, 0.15) is 35.3 Å². The molecule has 4 rings (SSSR count). The lowest BCUT2D eigenvalue weighted by atomic mass is 9.98. The molecule has 2 N–H and O–H groups in total. The maximum atomic E-state index is 15.5. The summed E-state index contributed by atoms with van der Waals surface area (Å²) in [4.78, 5) is 26.0. The topological polar surface area (TPSA) is 98.4 Å². The van der Waals surface area contributed by atoms with Gasteiger partial charge in [0.2, 0.25) is 0 Å². The average Bonchev–Trinajstić information content (AvgIpc) is 3.24. The monoisotopic (exact) mass is 458 g/mol. The summed E-state index contributed by atoms with van der Waals surface area (Å²) >= 11 is 0. The van der Waals surface area contributed by atoms with E-state index in [1.807, 2.05) is 0 Å². The number of amides is 1. The third kappa shape index (κ3) is 3.91. The minimum absolute atomic E-state index is 0.0579. The molecular formula is C23H24F2N4O4. The molecule has 0 unspecified atom stereocenters. The molecule has 3 aromatic rings. The zero-order valence-electron chi connectivity index (χ0n) is 18.6. The van der Waals surface area contributed by atoms with Crippen molar-refractivity contribution in [2.75, 3.05) is 5.32 Å². The molecule has 1 aliphatic heterocycles. The second-order valence-corrected chi connectivity index (χ2v) is 8.77. The molecule has 2 aromatic carbocycles. The number of benzene rings is 2. The Bertz CT molecular complexity index is 1310. The van der Waals surface area contributed by atoms with Crippen LogP contribution in [0.15, 0.2) is 35.1 Å². The molecule has 33 heavy (non-hydrogen) atoms. The number of para-hydroxylation sites is 1. The van der Waals surface area contributed by atoms with E-state index in [9.17, 15) is 19.1 Å². The lowest BCUT2D eigenvalue weighted by Gasteiger charge is -2.18. The Morgan fingerprint density at radius 1 is 1.27 bits per heavy atom. The molecule has 1 amide bonds. The van der Waals surface area contributed by atoms with Crippen molar-refractivity contribution in [1.29, 1.82) is 0 Å². The summed E-state index contributed by atoms with van der Waals surface area (Å²) in [5, 5.41) is 16.2. The third-order valence-electron chi connectivity index (χ3n) is 5.40. The molecule has 174 valence electrons. The van der Waals surface area contributed by atoms with E-state index in [1.165, 1.54) is 22.8 Å². The molecule has 0 radical (unpaired) electrons. The first kappa shape index (κ1) is 22.7. The van der Waals surface area contributed by atoms with Crippen LogP contribution in [0.3, 0.4) is 0 Å². The number of ether oxygens (including phenoxy) is 1. The quantitative estimate of drug-likeness (QED) is 0.611. The number of hydrogen-bond acceptors (Lipinski definition) is 5. The number of rotatable bonds is 5. The molecule has 8 nitrogen and oxygen atoms in total. The zero-order chi connectivity index (χ0) is 24.1. The van der Waals surface area contributed by atoms with Gasteiger partial charge in [0.15, 0.2) is 5.82 Å². The van der Waals surface area contributed by atoms with E-state index in [-0.39, 0.29) is 41.0 Å². The van der Waals surface area contributed by atoms with E-state index in [0.717, 1.165) is 10.7 Å². The molecule has 1 aliphatic rings. The molecule has 0 fully saturated rings. The van der Waals surface area contributed by atoms with Crippen molar-refractivity contribution in [3.8, 4) is 11.4 Å². The Labute approximate surface area is 188 Å². The Hall–Kier alpha value is -3.53. The van der Waals surface area contributed by atoms with Crippen molar-refractivity contribution < 1.29 is 23.4 Å². The number of halogens is 2. The molecule has 0 saturated carbocycles. The maximum Gasteiger partial charge on any atom is 0.351 e. The molecule has 1 aromatic heterocycles. The Kier molecular flexibility index (Phi) is 5.57. The van der Waals surface area contributed by atoms with Gasteiger partial charge in [0, 0.05) is 18.0 Å². The van der Waals surface area contributed by atoms with E-state index in [1.54, 1.807) is 33.8 Å². The fourth-order valence-electron chi connectivity index (χ4n) is 4.03. The Morgan fingerprint density at radius 2 is 1.97 bits per heavy atom. The van der Waals surface area contributed by atoms with Crippen LogP contribution in [0, 0.1) is 11.6 Å². The summed E-state index contributed by atoms with van der Waals surface area (Å²) in [6.45, 7) is 6.52. The summed E-state index contributed by atoms with van der Waals surface area (Å²) in [6, 6.07) is 6.26. The first-order valence-corrected chi connectivity index (χ1v) is 10.5. The minimum Gasteiger partial charge on any atom is -0.486 e. The number of nitrogens with one attached hydrogen (secondary N) is 1. The number of anilines is 1. The van der Waals surface area contributed by atoms with Gasteiger partial charge in [-0.05, 0) is 45.9 Å².